The molecule has 1 aliphatic heterocycles. The highest BCUT2D eigenvalue weighted by atomic mass is 32.2. The van der Waals surface area contributed by atoms with E-state index in [9.17, 15) is 9.18 Å². The number of carbonyl (C=O) groups is 1. The lowest BCUT2D eigenvalue weighted by atomic mass is 10.1. The number of hydrogen-bond donors (Lipinski definition) is 0. The van der Waals surface area contributed by atoms with Gasteiger partial charge in [-0.05, 0) is 56.3 Å². The lowest BCUT2D eigenvalue weighted by Gasteiger charge is -2.22. The Morgan fingerprint density at radius 1 is 1.08 bits per heavy atom. The predicted molar refractivity (Wildman–Crippen MR) is 105 cm³/mol. The van der Waals surface area contributed by atoms with Gasteiger partial charge in [0, 0.05) is 42.4 Å². The Bertz CT molecular complexity index is 735. The molecule has 0 saturated carbocycles. The smallest absolute Gasteiger partial charge is 0.253 e. The maximum atomic E-state index is 12.9. The zero-order valence-corrected chi connectivity index (χ0v) is 16.0. The van der Waals surface area contributed by atoms with Gasteiger partial charge < -0.3 is 9.80 Å². The van der Waals surface area contributed by atoms with E-state index in [0.29, 0.717) is 0 Å². The van der Waals surface area contributed by atoms with Crippen molar-refractivity contribution >= 4 is 17.7 Å². The molecule has 3 nitrogen and oxygen atoms in total. The second-order valence-corrected chi connectivity index (χ2v) is 7.83. The molecule has 0 aliphatic carbocycles. The van der Waals surface area contributed by atoms with Crippen molar-refractivity contribution < 1.29 is 9.18 Å². The summed E-state index contributed by atoms with van der Waals surface area (Å²) in [6.07, 6.45) is 0.999. The van der Waals surface area contributed by atoms with Crippen molar-refractivity contribution in [2.24, 2.45) is 0 Å². The third-order valence-electron chi connectivity index (χ3n) is 4.63. The molecule has 0 unspecified atom stereocenters. The topological polar surface area (TPSA) is 23.6 Å². The average Bonchev–Trinajstić information content (AvgIpc) is 2.88. The lowest BCUT2D eigenvalue weighted by Crippen LogP contribution is -2.35. The Labute approximate surface area is 159 Å². The first-order valence-corrected chi connectivity index (χ1v) is 10.1. The second-order valence-electron chi connectivity index (χ2n) is 6.66. The van der Waals surface area contributed by atoms with Crippen molar-refractivity contribution in [2.75, 3.05) is 38.5 Å². The Morgan fingerprint density at radius 2 is 1.88 bits per heavy atom. The highest BCUT2D eigenvalue weighted by Gasteiger charge is 2.20. The number of nitrogens with zero attached hydrogens (tertiary/aromatic N) is 2. The molecule has 3 rings (SSSR count). The number of hydrogen-bond acceptors (Lipinski definition) is 3. The third kappa shape index (κ3) is 5.32. The van der Waals surface area contributed by atoms with E-state index in [1.54, 1.807) is 11.8 Å². The van der Waals surface area contributed by atoms with E-state index in [0.717, 1.165) is 60.9 Å². The summed E-state index contributed by atoms with van der Waals surface area (Å²) >= 11 is 1.75. The van der Waals surface area contributed by atoms with Gasteiger partial charge in [-0.1, -0.05) is 17.7 Å². The SMILES string of the molecule is Cc1cccc(C(=O)N2CCCN(CCSc3ccc(F)cc3)CC2)c1. The van der Waals surface area contributed by atoms with Crippen LogP contribution >= 0.6 is 11.8 Å². The van der Waals surface area contributed by atoms with Crippen molar-refractivity contribution in [1.29, 1.82) is 0 Å². The van der Waals surface area contributed by atoms with E-state index in [1.165, 1.54) is 12.1 Å². The summed E-state index contributed by atoms with van der Waals surface area (Å²) in [4.78, 5) is 18.2. The van der Waals surface area contributed by atoms with Crippen molar-refractivity contribution in [3.8, 4) is 0 Å². The van der Waals surface area contributed by atoms with Gasteiger partial charge in [0.05, 0.1) is 0 Å². The lowest BCUT2D eigenvalue weighted by molar-refractivity contribution is 0.0761. The molecular weight excluding hydrogens is 347 g/mol. The minimum Gasteiger partial charge on any atom is -0.337 e. The Morgan fingerprint density at radius 3 is 2.65 bits per heavy atom. The van der Waals surface area contributed by atoms with E-state index in [1.807, 2.05) is 48.2 Å². The zero-order chi connectivity index (χ0) is 18.4. The first kappa shape index (κ1) is 18.9. The molecule has 26 heavy (non-hydrogen) atoms. The van der Waals surface area contributed by atoms with Crippen molar-refractivity contribution in [1.82, 2.24) is 9.80 Å². The van der Waals surface area contributed by atoms with E-state index in [4.69, 9.17) is 0 Å². The van der Waals surface area contributed by atoms with E-state index in [2.05, 4.69) is 4.90 Å². The minimum absolute atomic E-state index is 0.135. The highest BCUT2D eigenvalue weighted by molar-refractivity contribution is 7.99. The fourth-order valence-electron chi connectivity index (χ4n) is 3.18. The molecule has 138 valence electrons. The Hall–Kier alpha value is -1.85. The van der Waals surface area contributed by atoms with Gasteiger partial charge in [-0.25, -0.2) is 4.39 Å². The molecule has 0 aromatic heterocycles. The molecule has 0 spiro atoms. The molecule has 0 bridgehead atoms. The molecule has 0 radical (unpaired) electrons. The molecule has 1 fully saturated rings. The molecule has 2 aromatic carbocycles. The molecule has 5 heteroatoms. The summed E-state index contributed by atoms with van der Waals surface area (Å²) in [6, 6.07) is 14.5. The number of amides is 1. The van der Waals surface area contributed by atoms with Crippen LogP contribution in [0.4, 0.5) is 4.39 Å². The van der Waals surface area contributed by atoms with Crippen LogP contribution < -0.4 is 0 Å². The van der Waals surface area contributed by atoms with Gasteiger partial charge in [-0.2, -0.15) is 0 Å². The number of halogens is 1. The van der Waals surface area contributed by atoms with Crippen LogP contribution in [-0.4, -0.2) is 54.2 Å². The van der Waals surface area contributed by atoms with Gasteiger partial charge in [0.25, 0.3) is 5.91 Å². The molecule has 1 saturated heterocycles. The van der Waals surface area contributed by atoms with Gasteiger partial charge >= 0.3 is 0 Å². The number of thioether (sulfide) groups is 1. The maximum absolute atomic E-state index is 12.9. The van der Waals surface area contributed by atoms with Crippen LogP contribution in [0.1, 0.15) is 22.3 Å². The summed E-state index contributed by atoms with van der Waals surface area (Å²) in [5.41, 5.74) is 1.90. The van der Waals surface area contributed by atoms with Gasteiger partial charge in [0.15, 0.2) is 0 Å². The monoisotopic (exact) mass is 372 g/mol. The average molecular weight is 373 g/mol. The molecular formula is C21H25FN2OS. The quantitative estimate of drug-likeness (QED) is 0.739. The van der Waals surface area contributed by atoms with Gasteiger partial charge in [-0.15, -0.1) is 11.8 Å². The molecule has 0 atom stereocenters. The Balaban J connectivity index is 1.47. The fraction of sp³-hybridized carbons (Fsp3) is 0.381. The molecule has 2 aromatic rings. The third-order valence-corrected chi connectivity index (χ3v) is 5.62. The molecule has 1 aliphatic rings. The van der Waals surface area contributed by atoms with Crippen molar-refractivity contribution in [3.63, 3.8) is 0 Å². The van der Waals surface area contributed by atoms with Crippen LogP contribution in [0.25, 0.3) is 0 Å². The van der Waals surface area contributed by atoms with Gasteiger partial charge in [-0.3, -0.25) is 4.79 Å². The first-order chi connectivity index (χ1) is 12.6. The summed E-state index contributed by atoms with van der Waals surface area (Å²) in [7, 11) is 0. The largest absolute Gasteiger partial charge is 0.337 e. The Kier molecular flexibility index (Phi) is 6.69. The molecule has 1 amide bonds. The number of carbonyl (C=O) groups excluding carboxylic acids is 1. The summed E-state index contributed by atoms with van der Waals surface area (Å²) in [5.74, 6) is 0.911. The minimum atomic E-state index is -0.194. The van der Waals surface area contributed by atoms with Crippen molar-refractivity contribution in [2.45, 2.75) is 18.2 Å². The van der Waals surface area contributed by atoms with Crippen LogP contribution in [0.2, 0.25) is 0 Å². The number of aryl methyl sites for hydroxylation is 1. The van der Waals surface area contributed by atoms with E-state index < -0.39 is 0 Å². The summed E-state index contributed by atoms with van der Waals surface area (Å²) in [5, 5.41) is 0. The zero-order valence-electron chi connectivity index (χ0n) is 15.2. The van der Waals surface area contributed by atoms with Crippen molar-refractivity contribution in [3.05, 3.63) is 65.5 Å². The normalized spacial score (nSPS) is 15.7. The maximum Gasteiger partial charge on any atom is 0.253 e. The van der Waals surface area contributed by atoms with Crippen LogP contribution in [0.5, 0.6) is 0 Å². The van der Waals surface area contributed by atoms with Crippen LogP contribution in [0.3, 0.4) is 0 Å². The highest BCUT2D eigenvalue weighted by Crippen LogP contribution is 2.18. The predicted octanol–water partition coefficient (Wildman–Crippen LogP) is 4.07. The molecule has 1 heterocycles. The van der Waals surface area contributed by atoms with Gasteiger partial charge in [0.1, 0.15) is 5.82 Å². The number of rotatable bonds is 5. The van der Waals surface area contributed by atoms with Gasteiger partial charge in [0.2, 0.25) is 0 Å². The molecule has 0 N–H and O–H groups in total. The standard InChI is InChI=1S/C21H25FN2OS/c1-17-4-2-5-18(16-17)21(25)24-11-3-10-23(12-13-24)14-15-26-20-8-6-19(22)7-9-20/h2,4-9,16H,3,10-15H2,1H3. The van der Waals surface area contributed by atoms with E-state index in [-0.39, 0.29) is 11.7 Å². The number of benzene rings is 2. The van der Waals surface area contributed by atoms with Crippen LogP contribution in [0.15, 0.2) is 53.4 Å². The fourth-order valence-corrected chi connectivity index (χ4v) is 4.10. The van der Waals surface area contributed by atoms with Crippen LogP contribution in [-0.2, 0) is 0 Å². The summed E-state index contributed by atoms with van der Waals surface area (Å²) < 4.78 is 12.9. The van der Waals surface area contributed by atoms with Crippen LogP contribution in [0, 0.1) is 12.7 Å². The first-order valence-electron chi connectivity index (χ1n) is 9.08. The summed E-state index contributed by atoms with van der Waals surface area (Å²) in [6.45, 7) is 6.50. The van der Waals surface area contributed by atoms with E-state index >= 15 is 0 Å². The second kappa shape index (κ2) is 9.19.